The van der Waals surface area contributed by atoms with Crippen LogP contribution in [0.25, 0.3) is 0 Å². The van der Waals surface area contributed by atoms with Crippen LogP contribution < -0.4 is 9.64 Å². The normalized spacial score (nSPS) is 31.0. The molecule has 44 heavy (non-hydrogen) atoms. The van der Waals surface area contributed by atoms with Gasteiger partial charge in [0.15, 0.2) is 9.75 Å². The molecule has 0 spiro atoms. The number of allylic oxidation sites excluding steroid dienone is 2. The SMILES string of the molecule is COc1ccc(O)c([C@H]2C3=CC[C@@H]4C(=O)N(CCCC(=O)O)C(=O)[C@@H]4[C@@H]3C[C@@]3(Cl)C(=O)N(c4ccc(F)cc4)C(=O)[C@@]23Cl)c1. The molecule has 230 valence electrons. The summed E-state index contributed by atoms with van der Waals surface area (Å²) in [5, 5.41) is 20.2. The van der Waals surface area contributed by atoms with E-state index in [1.807, 2.05) is 0 Å². The van der Waals surface area contributed by atoms with E-state index in [1.165, 1.54) is 37.4 Å². The average Bonchev–Trinajstić information content (AvgIpc) is 3.32. The highest BCUT2D eigenvalue weighted by Gasteiger charge is 2.76. The topological polar surface area (TPSA) is 142 Å². The van der Waals surface area contributed by atoms with E-state index < -0.39 is 68.8 Å². The van der Waals surface area contributed by atoms with Crippen LogP contribution in [0, 0.1) is 23.6 Å². The molecular weight excluding hydrogens is 618 g/mol. The Kier molecular flexibility index (Phi) is 7.24. The number of imide groups is 2. The van der Waals surface area contributed by atoms with Gasteiger partial charge in [0.05, 0.1) is 24.6 Å². The summed E-state index contributed by atoms with van der Waals surface area (Å²) in [6.07, 6.45) is 1.40. The summed E-state index contributed by atoms with van der Waals surface area (Å²) in [6.45, 7) is -0.0830. The number of amides is 4. The number of hydrogen-bond donors (Lipinski definition) is 2. The lowest BCUT2D eigenvalue weighted by Gasteiger charge is -2.50. The van der Waals surface area contributed by atoms with E-state index in [-0.39, 0.29) is 49.2 Å². The van der Waals surface area contributed by atoms with E-state index in [0.717, 1.165) is 21.9 Å². The molecule has 4 amide bonds. The minimum Gasteiger partial charge on any atom is -0.508 e. The third-order valence-electron chi connectivity index (χ3n) is 9.31. The number of phenols is 1. The minimum atomic E-state index is -2.20. The number of nitrogens with zero attached hydrogens (tertiary/aromatic N) is 2. The van der Waals surface area contributed by atoms with Crippen molar-refractivity contribution in [3.05, 3.63) is 65.5 Å². The minimum absolute atomic E-state index is 0.0380. The zero-order valence-electron chi connectivity index (χ0n) is 23.3. The number of carbonyl (C=O) groups excluding carboxylic acids is 4. The number of carboxylic acid groups (broad SMARTS) is 1. The zero-order valence-corrected chi connectivity index (χ0v) is 24.8. The van der Waals surface area contributed by atoms with E-state index in [4.69, 9.17) is 33.0 Å². The number of hydrogen-bond acceptors (Lipinski definition) is 7. The van der Waals surface area contributed by atoms with Crippen molar-refractivity contribution in [1.29, 1.82) is 0 Å². The van der Waals surface area contributed by atoms with Crippen molar-refractivity contribution in [2.24, 2.45) is 17.8 Å². The molecule has 2 aromatic carbocycles. The van der Waals surface area contributed by atoms with Crippen LogP contribution in [0.4, 0.5) is 10.1 Å². The van der Waals surface area contributed by atoms with E-state index in [0.29, 0.717) is 11.3 Å². The Labute approximate surface area is 261 Å². The van der Waals surface area contributed by atoms with Gasteiger partial charge in [-0.15, -0.1) is 23.2 Å². The highest BCUT2D eigenvalue weighted by molar-refractivity contribution is 6.58. The summed E-state index contributed by atoms with van der Waals surface area (Å²) in [5.41, 5.74) is 0.642. The van der Waals surface area contributed by atoms with Crippen molar-refractivity contribution in [2.75, 3.05) is 18.6 Å². The molecule has 13 heteroatoms. The molecule has 1 saturated carbocycles. The van der Waals surface area contributed by atoms with Crippen molar-refractivity contribution >= 4 is 58.5 Å². The van der Waals surface area contributed by atoms with Gasteiger partial charge in [-0.3, -0.25) is 28.9 Å². The Hall–Kier alpha value is -3.96. The molecule has 4 aliphatic rings. The smallest absolute Gasteiger partial charge is 0.303 e. The van der Waals surface area contributed by atoms with E-state index in [2.05, 4.69) is 0 Å². The van der Waals surface area contributed by atoms with Crippen LogP contribution in [-0.4, -0.2) is 68.1 Å². The Bertz CT molecular complexity index is 1650. The van der Waals surface area contributed by atoms with Gasteiger partial charge in [0.2, 0.25) is 11.8 Å². The maximum Gasteiger partial charge on any atom is 0.303 e. The van der Waals surface area contributed by atoms with Crippen LogP contribution in [0.1, 0.15) is 37.2 Å². The molecule has 2 heterocycles. The number of likely N-dealkylation sites (tertiary alicyclic amines) is 1. The Morgan fingerprint density at radius 1 is 1.05 bits per heavy atom. The second kappa shape index (κ2) is 10.6. The van der Waals surface area contributed by atoms with Crippen molar-refractivity contribution in [2.45, 2.75) is 41.3 Å². The van der Waals surface area contributed by atoms with Gasteiger partial charge in [0.25, 0.3) is 11.8 Å². The van der Waals surface area contributed by atoms with Crippen molar-refractivity contribution in [3.8, 4) is 11.5 Å². The molecule has 0 bridgehead atoms. The first-order chi connectivity index (χ1) is 20.8. The molecule has 10 nitrogen and oxygen atoms in total. The second-order valence-corrected chi connectivity index (χ2v) is 12.7. The number of halogens is 3. The molecule has 2 aliphatic carbocycles. The summed E-state index contributed by atoms with van der Waals surface area (Å²) in [6, 6.07) is 9.00. The van der Waals surface area contributed by atoms with Gasteiger partial charge in [0, 0.05) is 24.4 Å². The van der Waals surface area contributed by atoms with Crippen molar-refractivity contribution < 1.29 is 43.3 Å². The molecular formula is C31H27Cl2FN2O8. The maximum atomic E-state index is 14.3. The Balaban J connectivity index is 1.51. The first-order valence-electron chi connectivity index (χ1n) is 14.0. The fraction of sp³-hybridized carbons (Fsp3) is 0.387. The number of fused-ring (bicyclic) bond motifs is 4. The highest BCUT2D eigenvalue weighted by atomic mass is 35.5. The molecule has 6 atom stereocenters. The number of methoxy groups -OCH3 is 1. The lowest BCUT2D eigenvalue weighted by molar-refractivity contribution is -0.142. The number of phenolic OH excluding ortho intramolecular Hbond substituents is 1. The van der Waals surface area contributed by atoms with Gasteiger partial charge in [-0.1, -0.05) is 11.6 Å². The van der Waals surface area contributed by atoms with Gasteiger partial charge < -0.3 is 14.9 Å². The van der Waals surface area contributed by atoms with Crippen LogP contribution in [0.5, 0.6) is 11.5 Å². The number of benzene rings is 2. The molecule has 0 radical (unpaired) electrons. The fourth-order valence-electron chi connectivity index (χ4n) is 7.31. The molecule has 3 fully saturated rings. The molecule has 2 saturated heterocycles. The summed E-state index contributed by atoms with van der Waals surface area (Å²) in [7, 11) is 1.41. The highest BCUT2D eigenvalue weighted by Crippen LogP contribution is 2.66. The van der Waals surface area contributed by atoms with Crippen molar-refractivity contribution in [3.63, 3.8) is 0 Å². The number of carboxylic acids is 1. The quantitative estimate of drug-likeness (QED) is 0.262. The predicted octanol–water partition coefficient (Wildman–Crippen LogP) is 3.97. The predicted molar refractivity (Wildman–Crippen MR) is 155 cm³/mol. The number of aliphatic carboxylic acids is 1. The number of alkyl halides is 2. The molecule has 0 unspecified atom stereocenters. The van der Waals surface area contributed by atoms with E-state index in [9.17, 15) is 33.5 Å². The Morgan fingerprint density at radius 3 is 2.41 bits per heavy atom. The van der Waals surface area contributed by atoms with E-state index in [1.54, 1.807) is 6.08 Å². The van der Waals surface area contributed by atoms with Crippen LogP contribution in [0.3, 0.4) is 0 Å². The van der Waals surface area contributed by atoms with Gasteiger partial charge in [0.1, 0.15) is 17.3 Å². The van der Waals surface area contributed by atoms with Gasteiger partial charge in [-0.25, -0.2) is 9.29 Å². The average molecular weight is 645 g/mol. The van der Waals surface area contributed by atoms with Gasteiger partial charge in [-0.05, 0) is 67.6 Å². The molecule has 2 aromatic rings. The maximum absolute atomic E-state index is 14.3. The van der Waals surface area contributed by atoms with Gasteiger partial charge in [-0.2, -0.15) is 0 Å². The van der Waals surface area contributed by atoms with Crippen LogP contribution in [0.2, 0.25) is 0 Å². The standard InChI is InChI=1S/C31H27Cl2FN2O8/c1-44-17-8-11-22(37)20(13-17)25-18-9-10-19-24(27(41)35(26(19)40)12-2-3-23(38)39)21(18)14-30(32)28(42)36(29(43)31(25,30)33)16-6-4-15(34)5-7-16/h4-9,11,13,19,21,24-25,37H,2-3,10,12,14H2,1H3,(H,38,39)/t19-,21+,24-,25+,30+,31-/m0/s1. The molecule has 6 rings (SSSR count). The molecule has 2 N–H and O–H groups in total. The largest absolute Gasteiger partial charge is 0.508 e. The van der Waals surface area contributed by atoms with Gasteiger partial charge >= 0.3 is 5.97 Å². The summed E-state index contributed by atoms with van der Waals surface area (Å²) < 4.78 is 19.1. The number of rotatable bonds is 7. The molecule has 0 aromatic heterocycles. The molecule has 2 aliphatic heterocycles. The van der Waals surface area contributed by atoms with E-state index >= 15 is 0 Å². The summed E-state index contributed by atoms with van der Waals surface area (Å²) in [4.78, 5) is 64.3. The number of carbonyl (C=O) groups is 5. The second-order valence-electron chi connectivity index (χ2n) is 11.5. The van der Waals surface area contributed by atoms with Crippen LogP contribution >= 0.6 is 23.2 Å². The number of ether oxygens (including phenoxy) is 1. The Morgan fingerprint density at radius 2 is 1.75 bits per heavy atom. The monoisotopic (exact) mass is 644 g/mol. The summed E-state index contributed by atoms with van der Waals surface area (Å²) in [5.74, 6) is -8.15. The lowest BCUT2D eigenvalue weighted by Crippen LogP contribution is -2.60. The van der Waals surface area contributed by atoms with Crippen LogP contribution in [0.15, 0.2) is 54.1 Å². The third kappa shape index (κ3) is 4.16. The third-order valence-corrected chi connectivity index (χ3v) is 10.7. The van der Waals surface area contributed by atoms with Crippen LogP contribution in [-0.2, 0) is 24.0 Å². The fourth-order valence-corrected chi connectivity index (χ4v) is 8.24. The zero-order chi connectivity index (χ0) is 31.7. The first kappa shape index (κ1) is 30.1. The van der Waals surface area contributed by atoms with Crippen molar-refractivity contribution in [1.82, 2.24) is 4.90 Å². The lowest BCUT2D eigenvalue weighted by atomic mass is 9.56. The number of anilines is 1. The summed E-state index contributed by atoms with van der Waals surface area (Å²) >= 11 is 14.6. The number of aromatic hydroxyl groups is 1. The first-order valence-corrected chi connectivity index (χ1v) is 14.8.